The maximum atomic E-state index is 6.05. The second-order valence-electron chi connectivity index (χ2n) is 4.96. The van der Waals surface area contributed by atoms with Gasteiger partial charge in [-0.1, -0.05) is 26.0 Å². The van der Waals surface area contributed by atoms with Crippen molar-refractivity contribution >= 4 is 5.69 Å². The molecule has 0 heterocycles. The first kappa shape index (κ1) is 13.0. The van der Waals surface area contributed by atoms with Gasteiger partial charge in [0.05, 0.1) is 0 Å². The normalized spacial score (nSPS) is 12.9. The molecule has 0 spiro atoms. The van der Waals surface area contributed by atoms with Crippen LogP contribution in [0.2, 0.25) is 0 Å². The van der Waals surface area contributed by atoms with Crippen LogP contribution < -0.4 is 10.6 Å². The SMILES string of the molecule is Cc1cccc(N(C)CCC(N)C(C)C)c1. The molecule has 0 aliphatic carbocycles. The van der Waals surface area contributed by atoms with E-state index in [1.807, 2.05) is 0 Å². The minimum atomic E-state index is 0.298. The van der Waals surface area contributed by atoms with Crippen molar-refractivity contribution in [3.8, 4) is 0 Å². The molecule has 1 aromatic rings. The van der Waals surface area contributed by atoms with Crippen LogP contribution in [0.25, 0.3) is 0 Å². The summed E-state index contributed by atoms with van der Waals surface area (Å²) in [5.41, 5.74) is 8.62. The zero-order valence-electron chi connectivity index (χ0n) is 10.9. The minimum Gasteiger partial charge on any atom is -0.375 e. The largest absolute Gasteiger partial charge is 0.375 e. The Balaban J connectivity index is 2.49. The quantitative estimate of drug-likeness (QED) is 0.826. The molecule has 1 aromatic carbocycles. The molecule has 16 heavy (non-hydrogen) atoms. The van der Waals surface area contributed by atoms with E-state index in [1.54, 1.807) is 0 Å². The zero-order chi connectivity index (χ0) is 12.1. The highest BCUT2D eigenvalue weighted by atomic mass is 15.1. The average molecular weight is 220 g/mol. The lowest BCUT2D eigenvalue weighted by Crippen LogP contribution is -2.31. The van der Waals surface area contributed by atoms with Crippen LogP contribution in [0, 0.1) is 12.8 Å². The fourth-order valence-corrected chi connectivity index (χ4v) is 1.67. The molecule has 0 aliphatic heterocycles. The molecule has 0 bridgehead atoms. The van der Waals surface area contributed by atoms with Crippen LogP contribution in [0.1, 0.15) is 25.8 Å². The van der Waals surface area contributed by atoms with Gasteiger partial charge >= 0.3 is 0 Å². The van der Waals surface area contributed by atoms with Gasteiger partial charge in [0.15, 0.2) is 0 Å². The van der Waals surface area contributed by atoms with E-state index >= 15 is 0 Å². The number of hydrogen-bond acceptors (Lipinski definition) is 2. The van der Waals surface area contributed by atoms with Gasteiger partial charge in [0.25, 0.3) is 0 Å². The molecule has 0 saturated heterocycles. The second kappa shape index (κ2) is 5.90. The monoisotopic (exact) mass is 220 g/mol. The van der Waals surface area contributed by atoms with Crippen molar-refractivity contribution in [1.82, 2.24) is 0 Å². The Bertz CT molecular complexity index is 320. The summed E-state index contributed by atoms with van der Waals surface area (Å²) in [7, 11) is 2.13. The lowest BCUT2D eigenvalue weighted by Gasteiger charge is -2.23. The first-order valence-corrected chi connectivity index (χ1v) is 6.04. The first-order valence-electron chi connectivity index (χ1n) is 6.04. The van der Waals surface area contributed by atoms with Gasteiger partial charge in [-0.25, -0.2) is 0 Å². The Kier molecular flexibility index (Phi) is 4.81. The highest BCUT2D eigenvalue weighted by Crippen LogP contribution is 2.15. The molecular formula is C14H24N2. The zero-order valence-corrected chi connectivity index (χ0v) is 10.9. The maximum absolute atomic E-state index is 6.05. The van der Waals surface area contributed by atoms with Gasteiger partial charge < -0.3 is 10.6 Å². The molecule has 1 rings (SSSR count). The summed E-state index contributed by atoms with van der Waals surface area (Å²) in [6.07, 6.45) is 1.04. The van der Waals surface area contributed by atoms with Crippen molar-refractivity contribution in [2.45, 2.75) is 33.2 Å². The Morgan fingerprint density at radius 3 is 2.56 bits per heavy atom. The summed E-state index contributed by atoms with van der Waals surface area (Å²) in [5.74, 6) is 0.561. The van der Waals surface area contributed by atoms with E-state index in [0.717, 1.165) is 13.0 Å². The van der Waals surface area contributed by atoms with Crippen LogP contribution in [0.3, 0.4) is 0 Å². The molecule has 1 unspecified atom stereocenters. The summed E-state index contributed by atoms with van der Waals surface area (Å²) in [4.78, 5) is 2.27. The van der Waals surface area contributed by atoms with Crippen LogP contribution in [-0.2, 0) is 0 Å². The van der Waals surface area contributed by atoms with Crippen LogP contribution in [0.4, 0.5) is 5.69 Å². The molecule has 0 saturated carbocycles. The summed E-state index contributed by atoms with van der Waals surface area (Å²) in [5, 5.41) is 0. The standard InChI is InChI=1S/C14H24N2/c1-11(2)14(15)8-9-16(4)13-7-5-6-12(3)10-13/h5-7,10-11,14H,8-9,15H2,1-4H3. The number of hydrogen-bond donors (Lipinski definition) is 1. The molecule has 0 aliphatic rings. The van der Waals surface area contributed by atoms with Gasteiger partial charge in [0.2, 0.25) is 0 Å². The van der Waals surface area contributed by atoms with E-state index in [-0.39, 0.29) is 0 Å². The third kappa shape index (κ3) is 3.86. The topological polar surface area (TPSA) is 29.3 Å². The number of aryl methyl sites for hydroxylation is 1. The van der Waals surface area contributed by atoms with Crippen LogP contribution in [-0.4, -0.2) is 19.6 Å². The molecule has 0 aromatic heterocycles. The van der Waals surface area contributed by atoms with Crippen molar-refractivity contribution in [3.63, 3.8) is 0 Å². The fraction of sp³-hybridized carbons (Fsp3) is 0.571. The third-order valence-corrected chi connectivity index (χ3v) is 3.10. The predicted octanol–water partition coefficient (Wildman–Crippen LogP) is 2.80. The van der Waals surface area contributed by atoms with Gasteiger partial charge in [-0.2, -0.15) is 0 Å². The fourth-order valence-electron chi connectivity index (χ4n) is 1.67. The summed E-state index contributed by atoms with van der Waals surface area (Å²) in [6, 6.07) is 8.88. The maximum Gasteiger partial charge on any atom is 0.0366 e. The Hall–Kier alpha value is -1.02. The molecule has 2 nitrogen and oxygen atoms in total. The van der Waals surface area contributed by atoms with Crippen LogP contribution in [0.15, 0.2) is 24.3 Å². The van der Waals surface area contributed by atoms with Crippen LogP contribution in [0.5, 0.6) is 0 Å². The van der Waals surface area contributed by atoms with Crippen molar-refractivity contribution in [2.75, 3.05) is 18.5 Å². The second-order valence-corrected chi connectivity index (χ2v) is 4.96. The smallest absolute Gasteiger partial charge is 0.0366 e. The molecule has 0 amide bonds. The Labute approximate surface area is 99.5 Å². The molecule has 0 radical (unpaired) electrons. The lowest BCUT2D eigenvalue weighted by atomic mass is 10.0. The predicted molar refractivity (Wildman–Crippen MR) is 71.9 cm³/mol. The Morgan fingerprint density at radius 1 is 1.31 bits per heavy atom. The number of nitrogens with zero attached hydrogens (tertiary/aromatic N) is 1. The van der Waals surface area contributed by atoms with Crippen LogP contribution >= 0.6 is 0 Å². The van der Waals surface area contributed by atoms with E-state index in [0.29, 0.717) is 12.0 Å². The van der Waals surface area contributed by atoms with Gasteiger partial charge in [0, 0.05) is 25.3 Å². The highest BCUT2D eigenvalue weighted by Gasteiger charge is 2.09. The van der Waals surface area contributed by atoms with Gasteiger partial charge in [-0.15, -0.1) is 0 Å². The highest BCUT2D eigenvalue weighted by molar-refractivity contribution is 5.47. The van der Waals surface area contributed by atoms with Crippen molar-refractivity contribution < 1.29 is 0 Å². The lowest BCUT2D eigenvalue weighted by molar-refractivity contribution is 0.466. The number of rotatable bonds is 5. The van der Waals surface area contributed by atoms with E-state index in [9.17, 15) is 0 Å². The first-order chi connectivity index (χ1) is 7.50. The molecule has 2 N–H and O–H groups in total. The van der Waals surface area contributed by atoms with E-state index in [2.05, 4.69) is 57.0 Å². The van der Waals surface area contributed by atoms with Crippen molar-refractivity contribution in [2.24, 2.45) is 11.7 Å². The summed E-state index contributed by atoms with van der Waals surface area (Å²) in [6.45, 7) is 7.49. The van der Waals surface area contributed by atoms with E-state index < -0.39 is 0 Å². The Morgan fingerprint density at radius 2 is 2.00 bits per heavy atom. The number of benzene rings is 1. The molecule has 1 atom stereocenters. The van der Waals surface area contributed by atoms with Gasteiger partial charge in [0.1, 0.15) is 0 Å². The molecule has 0 fully saturated rings. The molecule has 90 valence electrons. The minimum absolute atomic E-state index is 0.298. The third-order valence-electron chi connectivity index (χ3n) is 3.10. The van der Waals surface area contributed by atoms with Crippen molar-refractivity contribution in [1.29, 1.82) is 0 Å². The van der Waals surface area contributed by atoms with E-state index in [1.165, 1.54) is 11.3 Å². The van der Waals surface area contributed by atoms with Gasteiger partial charge in [-0.05, 0) is 37.0 Å². The van der Waals surface area contributed by atoms with Crippen molar-refractivity contribution in [3.05, 3.63) is 29.8 Å². The number of anilines is 1. The molecular weight excluding hydrogens is 196 g/mol. The average Bonchev–Trinajstić information content (AvgIpc) is 2.25. The van der Waals surface area contributed by atoms with E-state index in [4.69, 9.17) is 5.73 Å². The summed E-state index contributed by atoms with van der Waals surface area (Å²) < 4.78 is 0. The number of nitrogens with two attached hydrogens (primary N) is 1. The summed E-state index contributed by atoms with van der Waals surface area (Å²) >= 11 is 0. The molecule has 2 heteroatoms. The van der Waals surface area contributed by atoms with Gasteiger partial charge in [-0.3, -0.25) is 0 Å².